The second-order valence-electron chi connectivity index (χ2n) is 5.39. The lowest BCUT2D eigenvalue weighted by Gasteiger charge is -2.13. The highest BCUT2D eigenvalue weighted by Crippen LogP contribution is 2.25. The van der Waals surface area contributed by atoms with Crippen LogP contribution in [0.25, 0.3) is 0 Å². The normalized spacial score (nSPS) is 10.2. The van der Waals surface area contributed by atoms with Crippen LogP contribution < -0.4 is 10.6 Å². The molecule has 1 amide bonds. The maximum Gasteiger partial charge on any atom is 0.228 e. The van der Waals surface area contributed by atoms with E-state index in [0.29, 0.717) is 11.3 Å². The van der Waals surface area contributed by atoms with Crippen LogP contribution in [0.5, 0.6) is 0 Å². The van der Waals surface area contributed by atoms with E-state index in [1.165, 1.54) is 12.1 Å². The SMILES string of the molecule is O=C(Cc1cccc(F)c1)Nc1ccccc1Nc1ccccc1. The number of carbonyl (C=O) groups excluding carboxylic acids is 1. The fourth-order valence-electron chi connectivity index (χ4n) is 2.40. The Morgan fingerprint density at radius 2 is 1.54 bits per heavy atom. The van der Waals surface area contributed by atoms with E-state index in [4.69, 9.17) is 0 Å². The Labute approximate surface area is 140 Å². The van der Waals surface area contributed by atoms with Crippen molar-refractivity contribution in [3.05, 3.63) is 90.2 Å². The topological polar surface area (TPSA) is 41.1 Å². The fraction of sp³-hybridized carbons (Fsp3) is 0.0500. The van der Waals surface area contributed by atoms with Gasteiger partial charge in [-0.3, -0.25) is 4.79 Å². The van der Waals surface area contributed by atoms with Crippen LogP contribution >= 0.6 is 0 Å². The van der Waals surface area contributed by atoms with Gasteiger partial charge < -0.3 is 10.6 Å². The van der Waals surface area contributed by atoms with Gasteiger partial charge in [-0.1, -0.05) is 42.5 Å². The van der Waals surface area contributed by atoms with E-state index in [0.717, 1.165) is 11.4 Å². The molecule has 0 saturated carbocycles. The molecule has 0 bridgehead atoms. The maximum atomic E-state index is 13.2. The second-order valence-corrected chi connectivity index (χ2v) is 5.39. The molecule has 0 atom stereocenters. The molecule has 120 valence electrons. The molecular weight excluding hydrogens is 303 g/mol. The number of hydrogen-bond acceptors (Lipinski definition) is 2. The molecule has 0 unspecified atom stereocenters. The van der Waals surface area contributed by atoms with Gasteiger partial charge in [-0.05, 0) is 42.0 Å². The first-order valence-corrected chi connectivity index (χ1v) is 7.66. The van der Waals surface area contributed by atoms with Crippen molar-refractivity contribution in [2.24, 2.45) is 0 Å². The summed E-state index contributed by atoms with van der Waals surface area (Å²) in [5.74, 6) is -0.533. The molecule has 3 aromatic carbocycles. The molecule has 0 aliphatic heterocycles. The summed E-state index contributed by atoms with van der Waals surface area (Å²) in [7, 11) is 0. The van der Waals surface area contributed by atoms with E-state index in [-0.39, 0.29) is 18.1 Å². The number of benzene rings is 3. The van der Waals surface area contributed by atoms with E-state index in [2.05, 4.69) is 10.6 Å². The molecule has 0 aliphatic carbocycles. The average molecular weight is 320 g/mol. The largest absolute Gasteiger partial charge is 0.354 e. The smallest absolute Gasteiger partial charge is 0.228 e. The monoisotopic (exact) mass is 320 g/mol. The van der Waals surface area contributed by atoms with Crippen LogP contribution in [0.2, 0.25) is 0 Å². The number of para-hydroxylation sites is 3. The highest BCUT2D eigenvalue weighted by atomic mass is 19.1. The standard InChI is InChI=1S/C20H17FN2O/c21-16-8-6-7-15(13-16)14-20(24)23-19-12-5-4-11-18(19)22-17-9-2-1-3-10-17/h1-13,22H,14H2,(H,23,24). The van der Waals surface area contributed by atoms with Crippen LogP contribution in [0, 0.1) is 5.82 Å². The molecule has 0 aromatic heterocycles. The summed E-state index contributed by atoms with van der Waals surface area (Å²) in [6.45, 7) is 0. The molecule has 3 nitrogen and oxygen atoms in total. The van der Waals surface area contributed by atoms with E-state index in [9.17, 15) is 9.18 Å². The summed E-state index contributed by atoms with van der Waals surface area (Å²) < 4.78 is 13.2. The lowest BCUT2D eigenvalue weighted by molar-refractivity contribution is -0.115. The summed E-state index contributed by atoms with van der Waals surface area (Å²) in [6, 6.07) is 23.3. The van der Waals surface area contributed by atoms with Gasteiger partial charge in [0.15, 0.2) is 0 Å². The minimum atomic E-state index is -0.341. The summed E-state index contributed by atoms with van der Waals surface area (Å²) in [6.07, 6.45) is 0.122. The number of carbonyl (C=O) groups is 1. The third-order valence-corrected chi connectivity index (χ3v) is 3.51. The minimum Gasteiger partial charge on any atom is -0.354 e. The molecule has 24 heavy (non-hydrogen) atoms. The zero-order valence-electron chi connectivity index (χ0n) is 13.0. The highest BCUT2D eigenvalue weighted by molar-refractivity contribution is 5.96. The number of amides is 1. The van der Waals surface area contributed by atoms with Crippen molar-refractivity contribution in [1.82, 2.24) is 0 Å². The predicted octanol–water partition coefficient (Wildman–Crippen LogP) is 4.75. The Morgan fingerprint density at radius 3 is 2.29 bits per heavy atom. The summed E-state index contributed by atoms with van der Waals surface area (Å²) >= 11 is 0. The predicted molar refractivity (Wildman–Crippen MR) is 94.9 cm³/mol. The van der Waals surface area contributed by atoms with Crippen molar-refractivity contribution in [2.75, 3.05) is 10.6 Å². The molecule has 0 fully saturated rings. The number of hydrogen-bond donors (Lipinski definition) is 2. The van der Waals surface area contributed by atoms with Gasteiger partial charge in [-0.25, -0.2) is 4.39 Å². The first-order chi connectivity index (χ1) is 11.7. The van der Waals surface area contributed by atoms with E-state index < -0.39 is 0 Å². The summed E-state index contributed by atoms with van der Waals surface area (Å²) in [4.78, 5) is 12.2. The fourth-order valence-corrected chi connectivity index (χ4v) is 2.40. The number of anilines is 3. The van der Waals surface area contributed by atoms with Crippen molar-refractivity contribution in [2.45, 2.75) is 6.42 Å². The van der Waals surface area contributed by atoms with Gasteiger partial charge >= 0.3 is 0 Å². The number of halogens is 1. The first-order valence-electron chi connectivity index (χ1n) is 7.66. The van der Waals surface area contributed by atoms with Crippen LogP contribution in [0.15, 0.2) is 78.9 Å². The molecular formula is C20H17FN2O. The Morgan fingerprint density at radius 1 is 0.833 bits per heavy atom. The average Bonchev–Trinajstić information content (AvgIpc) is 2.57. The van der Waals surface area contributed by atoms with Crippen molar-refractivity contribution < 1.29 is 9.18 Å². The Kier molecular flexibility index (Phi) is 4.87. The van der Waals surface area contributed by atoms with Gasteiger partial charge in [-0.2, -0.15) is 0 Å². The molecule has 3 rings (SSSR count). The van der Waals surface area contributed by atoms with Crippen LogP contribution in [-0.4, -0.2) is 5.91 Å². The molecule has 2 N–H and O–H groups in total. The zero-order valence-corrected chi connectivity index (χ0v) is 13.0. The van der Waals surface area contributed by atoms with Crippen LogP contribution in [0.1, 0.15) is 5.56 Å². The lowest BCUT2D eigenvalue weighted by atomic mass is 10.1. The van der Waals surface area contributed by atoms with Crippen molar-refractivity contribution in [3.8, 4) is 0 Å². The van der Waals surface area contributed by atoms with Crippen LogP contribution in [0.4, 0.5) is 21.5 Å². The Balaban J connectivity index is 1.72. The lowest BCUT2D eigenvalue weighted by Crippen LogP contribution is -2.15. The molecule has 0 heterocycles. The Hall–Kier alpha value is -3.14. The van der Waals surface area contributed by atoms with E-state index in [1.807, 2.05) is 54.6 Å². The third-order valence-electron chi connectivity index (χ3n) is 3.51. The van der Waals surface area contributed by atoms with Gasteiger partial charge in [0.2, 0.25) is 5.91 Å². The third kappa shape index (κ3) is 4.20. The molecule has 0 radical (unpaired) electrons. The molecule has 0 spiro atoms. The zero-order chi connectivity index (χ0) is 16.8. The van der Waals surface area contributed by atoms with Gasteiger partial charge in [0.05, 0.1) is 17.8 Å². The van der Waals surface area contributed by atoms with E-state index >= 15 is 0 Å². The summed E-state index contributed by atoms with van der Waals surface area (Å²) in [5.41, 5.74) is 3.06. The maximum absolute atomic E-state index is 13.2. The quantitative estimate of drug-likeness (QED) is 0.712. The number of rotatable bonds is 5. The molecule has 0 aliphatic rings. The van der Waals surface area contributed by atoms with Gasteiger partial charge in [-0.15, -0.1) is 0 Å². The van der Waals surface area contributed by atoms with Crippen LogP contribution in [-0.2, 0) is 11.2 Å². The number of nitrogens with one attached hydrogen (secondary N) is 2. The molecule has 4 heteroatoms. The second kappa shape index (κ2) is 7.42. The molecule has 0 saturated heterocycles. The van der Waals surface area contributed by atoms with E-state index in [1.54, 1.807) is 12.1 Å². The Bertz CT molecular complexity index is 834. The van der Waals surface area contributed by atoms with Crippen molar-refractivity contribution in [1.29, 1.82) is 0 Å². The van der Waals surface area contributed by atoms with Crippen molar-refractivity contribution in [3.63, 3.8) is 0 Å². The van der Waals surface area contributed by atoms with Crippen molar-refractivity contribution >= 4 is 23.0 Å². The van der Waals surface area contributed by atoms with Gasteiger partial charge in [0.25, 0.3) is 0 Å². The van der Waals surface area contributed by atoms with Gasteiger partial charge in [0.1, 0.15) is 5.82 Å². The first kappa shape index (κ1) is 15.7. The highest BCUT2D eigenvalue weighted by Gasteiger charge is 2.08. The van der Waals surface area contributed by atoms with Gasteiger partial charge in [0, 0.05) is 5.69 Å². The molecule has 3 aromatic rings. The minimum absolute atomic E-state index is 0.122. The van der Waals surface area contributed by atoms with Crippen LogP contribution in [0.3, 0.4) is 0 Å². The summed E-state index contributed by atoms with van der Waals surface area (Å²) in [5, 5.41) is 6.15.